The van der Waals surface area contributed by atoms with Gasteiger partial charge in [0, 0.05) is 6.42 Å². The van der Waals surface area contributed by atoms with Gasteiger partial charge < -0.3 is 9.47 Å². The van der Waals surface area contributed by atoms with Gasteiger partial charge >= 0.3 is 21.3 Å². The molecule has 0 radical (unpaired) electrons. The van der Waals surface area contributed by atoms with Gasteiger partial charge in [-0.3, -0.25) is 4.55 Å². The van der Waals surface area contributed by atoms with Crippen LogP contribution in [-0.4, -0.2) is 42.6 Å². The second kappa shape index (κ2) is 9.60. The van der Waals surface area contributed by atoms with Crippen molar-refractivity contribution in [3.05, 3.63) is 27.3 Å². The topological polar surface area (TPSA) is 89.9 Å². The summed E-state index contributed by atoms with van der Waals surface area (Å²) in [5.74, 6) is -0.122. The van der Waals surface area contributed by atoms with Crippen molar-refractivity contribution in [3.8, 4) is 5.75 Å². The SMILES string of the molecule is CC(C)C1(Oc2cc(C(=O)OCCC(F)C(F)(F)S(=O)(=O)O)ccc2I)CCCC1. The highest BCUT2D eigenvalue weighted by Gasteiger charge is 2.52. The van der Waals surface area contributed by atoms with E-state index in [2.05, 4.69) is 36.4 Å². The fourth-order valence-corrected chi connectivity index (χ4v) is 4.25. The van der Waals surface area contributed by atoms with E-state index >= 15 is 0 Å². The molecule has 2 rings (SSSR count). The van der Waals surface area contributed by atoms with E-state index in [0.29, 0.717) is 5.75 Å². The smallest absolute Gasteiger partial charge is 0.400 e. The molecule has 1 unspecified atom stereocenters. The van der Waals surface area contributed by atoms with Crippen molar-refractivity contribution in [1.82, 2.24) is 0 Å². The van der Waals surface area contributed by atoms with Gasteiger partial charge in [0.1, 0.15) is 11.4 Å². The van der Waals surface area contributed by atoms with E-state index in [1.54, 1.807) is 6.07 Å². The van der Waals surface area contributed by atoms with Gasteiger partial charge in [-0.15, -0.1) is 0 Å². The lowest BCUT2D eigenvalue weighted by Crippen LogP contribution is -2.39. The van der Waals surface area contributed by atoms with Crippen molar-refractivity contribution < 1.29 is 40.4 Å². The number of alkyl halides is 3. The highest BCUT2D eigenvalue weighted by atomic mass is 127. The fraction of sp³-hybridized carbons (Fsp3) is 0.632. The van der Waals surface area contributed by atoms with Crippen molar-refractivity contribution in [3.63, 3.8) is 0 Å². The molecule has 6 nitrogen and oxygen atoms in total. The minimum absolute atomic E-state index is 0.0965. The van der Waals surface area contributed by atoms with Gasteiger partial charge in [0.2, 0.25) is 0 Å². The molecule has 0 spiro atoms. The Morgan fingerprint density at radius 1 is 1.30 bits per heavy atom. The summed E-state index contributed by atoms with van der Waals surface area (Å²) in [7, 11) is -5.91. The van der Waals surface area contributed by atoms with E-state index in [0.717, 1.165) is 29.3 Å². The Hall–Kier alpha value is -1.08. The number of hydrogen-bond donors (Lipinski definition) is 1. The summed E-state index contributed by atoms with van der Waals surface area (Å²) in [5.41, 5.74) is -0.232. The molecule has 0 bridgehead atoms. The zero-order valence-electron chi connectivity index (χ0n) is 16.5. The zero-order valence-corrected chi connectivity index (χ0v) is 19.5. The number of halogens is 4. The molecule has 1 aromatic rings. The Balaban J connectivity index is 2.04. The van der Waals surface area contributed by atoms with Gasteiger partial charge in [-0.1, -0.05) is 13.8 Å². The van der Waals surface area contributed by atoms with Crippen molar-refractivity contribution in [2.24, 2.45) is 5.92 Å². The van der Waals surface area contributed by atoms with Gasteiger partial charge in [0.25, 0.3) is 0 Å². The van der Waals surface area contributed by atoms with Crippen LogP contribution in [0.5, 0.6) is 5.75 Å². The molecule has 0 heterocycles. The van der Waals surface area contributed by atoms with Crippen LogP contribution in [0.25, 0.3) is 0 Å². The first kappa shape index (κ1) is 25.2. The van der Waals surface area contributed by atoms with Crippen LogP contribution in [0, 0.1) is 9.49 Å². The number of benzene rings is 1. The molecule has 170 valence electrons. The predicted molar refractivity (Wildman–Crippen MR) is 112 cm³/mol. The molecule has 30 heavy (non-hydrogen) atoms. The molecule has 1 aliphatic carbocycles. The minimum Gasteiger partial charge on any atom is -0.486 e. The first-order valence-corrected chi connectivity index (χ1v) is 12.0. The first-order chi connectivity index (χ1) is 13.8. The van der Waals surface area contributed by atoms with Crippen molar-refractivity contribution >= 4 is 38.7 Å². The van der Waals surface area contributed by atoms with E-state index in [9.17, 15) is 26.4 Å². The molecule has 1 N–H and O–H groups in total. The standard InChI is InChI=1S/C19H24F3IO6S/c1-12(2)18(8-3-4-9-18)29-15-11-13(5-6-14(15)23)17(24)28-10-7-16(20)19(21,22)30(25,26)27/h5-6,11-12,16H,3-4,7-10H2,1-2H3,(H,25,26,27). The van der Waals surface area contributed by atoms with Crippen LogP contribution in [0.15, 0.2) is 18.2 Å². The molecular weight excluding hydrogens is 540 g/mol. The Morgan fingerprint density at radius 2 is 1.90 bits per heavy atom. The summed E-state index contributed by atoms with van der Waals surface area (Å²) in [6.07, 6.45) is -0.415. The van der Waals surface area contributed by atoms with Crippen LogP contribution in [0.1, 0.15) is 56.3 Å². The van der Waals surface area contributed by atoms with Gasteiger partial charge in [-0.25, -0.2) is 9.18 Å². The largest absolute Gasteiger partial charge is 0.486 e. The highest BCUT2D eigenvalue weighted by molar-refractivity contribution is 14.1. The summed E-state index contributed by atoms with van der Waals surface area (Å²) in [6.45, 7) is 3.36. The predicted octanol–water partition coefficient (Wildman–Crippen LogP) is 5.00. The second-order valence-electron chi connectivity index (χ2n) is 7.60. The normalized spacial score (nSPS) is 17.7. The lowest BCUT2D eigenvalue weighted by atomic mass is 9.88. The van der Waals surface area contributed by atoms with E-state index in [1.807, 2.05) is 0 Å². The molecule has 1 aromatic carbocycles. The second-order valence-corrected chi connectivity index (χ2v) is 10.3. The Bertz CT molecular complexity index is 869. The van der Waals surface area contributed by atoms with Crippen LogP contribution in [-0.2, 0) is 14.9 Å². The van der Waals surface area contributed by atoms with Gasteiger partial charge in [0.15, 0.2) is 6.17 Å². The summed E-state index contributed by atoms with van der Waals surface area (Å²) >= 11 is 2.08. The summed E-state index contributed by atoms with van der Waals surface area (Å²) < 4.78 is 81.2. The van der Waals surface area contributed by atoms with Crippen LogP contribution >= 0.6 is 22.6 Å². The molecular formula is C19H24F3IO6S. The number of ether oxygens (including phenoxy) is 2. The molecule has 0 aliphatic heterocycles. The van der Waals surface area contributed by atoms with Gasteiger partial charge in [0.05, 0.1) is 15.7 Å². The number of hydrogen-bond acceptors (Lipinski definition) is 5. The van der Waals surface area contributed by atoms with Crippen molar-refractivity contribution in [2.75, 3.05) is 6.61 Å². The molecule has 0 aromatic heterocycles. The minimum atomic E-state index is -5.91. The fourth-order valence-electron chi connectivity index (χ4n) is 3.37. The van der Waals surface area contributed by atoms with Crippen molar-refractivity contribution in [2.45, 2.75) is 63.0 Å². The number of carbonyl (C=O) groups is 1. The van der Waals surface area contributed by atoms with Gasteiger partial charge in [-0.05, 0) is 72.4 Å². The number of rotatable bonds is 9. The molecule has 0 saturated heterocycles. The monoisotopic (exact) mass is 564 g/mol. The Kier molecular flexibility index (Phi) is 8.05. The zero-order chi connectivity index (χ0) is 22.7. The summed E-state index contributed by atoms with van der Waals surface area (Å²) in [6, 6.07) is 4.61. The lowest BCUT2D eigenvalue weighted by molar-refractivity contribution is -0.0163. The molecule has 1 fully saturated rings. The highest BCUT2D eigenvalue weighted by Crippen LogP contribution is 2.41. The average Bonchev–Trinajstić information content (AvgIpc) is 3.12. The maximum Gasteiger partial charge on any atom is 0.400 e. The van der Waals surface area contributed by atoms with E-state index in [4.69, 9.17) is 14.0 Å². The molecule has 1 atom stereocenters. The Morgan fingerprint density at radius 3 is 2.43 bits per heavy atom. The summed E-state index contributed by atoms with van der Waals surface area (Å²) in [5, 5.41) is -4.98. The number of carbonyl (C=O) groups excluding carboxylic acids is 1. The third-order valence-electron chi connectivity index (χ3n) is 5.30. The van der Waals surface area contributed by atoms with Crippen LogP contribution < -0.4 is 4.74 Å². The third-order valence-corrected chi connectivity index (χ3v) is 7.13. The molecule has 1 aliphatic rings. The van der Waals surface area contributed by atoms with Crippen LogP contribution in [0.3, 0.4) is 0 Å². The quantitative estimate of drug-likeness (QED) is 0.258. The van der Waals surface area contributed by atoms with E-state index in [-0.39, 0.29) is 17.1 Å². The maximum atomic E-state index is 13.5. The molecule has 1 saturated carbocycles. The number of esters is 1. The first-order valence-electron chi connectivity index (χ1n) is 9.45. The Labute approximate surface area is 187 Å². The van der Waals surface area contributed by atoms with Crippen LogP contribution in [0.4, 0.5) is 13.2 Å². The van der Waals surface area contributed by atoms with Gasteiger partial charge in [-0.2, -0.15) is 17.2 Å². The molecule has 0 amide bonds. The van der Waals surface area contributed by atoms with E-state index < -0.39 is 40.5 Å². The maximum absolute atomic E-state index is 13.5. The van der Waals surface area contributed by atoms with Crippen LogP contribution in [0.2, 0.25) is 0 Å². The lowest BCUT2D eigenvalue weighted by Gasteiger charge is -2.34. The van der Waals surface area contributed by atoms with Crippen molar-refractivity contribution in [1.29, 1.82) is 0 Å². The average molecular weight is 564 g/mol. The summed E-state index contributed by atoms with van der Waals surface area (Å²) in [4.78, 5) is 12.2. The van der Waals surface area contributed by atoms with E-state index in [1.165, 1.54) is 12.1 Å². The molecule has 11 heteroatoms. The third kappa shape index (κ3) is 5.58.